The normalized spacial score (nSPS) is 15.7. The fourth-order valence-corrected chi connectivity index (χ4v) is 5.75. The minimum absolute atomic E-state index is 0.0367. The van der Waals surface area contributed by atoms with Crippen molar-refractivity contribution in [1.82, 2.24) is 14.8 Å². The number of hydrogen-bond acceptors (Lipinski definition) is 7. The van der Waals surface area contributed by atoms with Crippen LogP contribution in [0.15, 0.2) is 64.0 Å². The van der Waals surface area contributed by atoms with Crippen LogP contribution in [0.25, 0.3) is 0 Å². The molecule has 9 nitrogen and oxygen atoms in total. The van der Waals surface area contributed by atoms with Gasteiger partial charge in [0.15, 0.2) is 5.76 Å². The lowest BCUT2D eigenvalue weighted by Gasteiger charge is -2.36. The average Bonchev–Trinajstić information content (AvgIpc) is 3.19. The van der Waals surface area contributed by atoms with E-state index in [2.05, 4.69) is 49.3 Å². The molecule has 2 aromatic carbocycles. The molecule has 0 unspecified atom stereocenters. The molecular weight excluding hydrogens is 466 g/mol. The van der Waals surface area contributed by atoms with Crippen molar-refractivity contribution in [3.05, 3.63) is 71.6 Å². The first kappa shape index (κ1) is 24.9. The molecule has 186 valence electrons. The summed E-state index contributed by atoms with van der Waals surface area (Å²) < 4.78 is 32.6. The molecule has 1 aliphatic heterocycles. The smallest absolute Gasteiger partial charge is 0.246 e. The van der Waals surface area contributed by atoms with Crippen LogP contribution in [-0.2, 0) is 21.4 Å². The maximum absolute atomic E-state index is 12.6. The molecule has 0 saturated carbocycles. The predicted molar refractivity (Wildman–Crippen MR) is 135 cm³/mol. The number of sulfonamides is 1. The summed E-state index contributed by atoms with van der Waals surface area (Å²) in [7, 11) is -3.94. The molecular formula is C25H31N5O4S. The number of nitrogens with zero attached hydrogens (tertiary/aromatic N) is 3. The molecule has 1 atom stereocenters. The summed E-state index contributed by atoms with van der Waals surface area (Å²) in [6.07, 6.45) is 0. The van der Waals surface area contributed by atoms with E-state index in [-0.39, 0.29) is 16.3 Å². The van der Waals surface area contributed by atoms with Crippen molar-refractivity contribution in [2.24, 2.45) is 0 Å². The number of aryl methyl sites for hydroxylation is 2. The van der Waals surface area contributed by atoms with Crippen molar-refractivity contribution >= 4 is 27.3 Å². The van der Waals surface area contributed by atoms with E-state index < -0.39 is 22.0 Å². The third-order valence-corrected chi connectivity index (χ3v) is 7.87. The number of carbonyl (C=O) groups is 1. The van der Waals surface area contributed by atoms with Crippen LogP contribution in [-0.4, -0.2) is 56.6 Å². The molecule has 0 aliphatic carbocycles. The molecule has 2 N–H and O–H groups in total. The van der Waals surface area contributed by atoms with Crippen molar-refractivity contribution in [3.63, 3.8) is 0 Å². The Labute approximate surface area is 206 Å². The summed E-state index contributed by atoms with van der Waals surface area (Å²) >= 11 is 0. The molecule has 1 fully saturated rings. The van der Waals surface area contributed by atoms with Crippen LogP contribution in [0.1, 0.15) is 23.9 Å². The van der Waals surface area contributed by atoms with Gasteiger partial charge in [-0.05, 0) is 50.6 Å². The van der Waals surface area contributed by atoms with E-state index in [1.54, 1.807) is 6.92 Å². The Bertz CT molecular complexity index is 1230. The fourth-order valence-electron chi connectivity index (χ4n) is 4.22. The van der Waals surface area contributed by atoms with Crippen LogP contribution in [0.4, 0.5) is 11.4 Å². The number of rotatable bonds is 8. The largest absolute Gasteiger partial charge is 0.369 e. The Hall–Kier alpha value is -3.21. The van der Waals surface area contributed by atoms with E-state index in [9.17, 15) is 13.2 Å². The molecule has 0 bridgehead atoms. The van der Waals surface area contributed by atoms with Crippen LogP contribution in [0.3, 0.4) is 0 Å². The minimum atomic E-state index is -3.94. The van der Waals surface area contributed by atoms with E-state index in [1.165, 1.54) is 19.4 Å². The molecule has 0 spiro atoms. The van der Waals surface area contributed by atoms with E-state index in [0.717, 1.165) is 38.4 Å². The minimum Gasteiger partial charge on any atom is -0.369 e. The third kappa shape index (κ3) is 6.08. The van der Waals surface area contributed by atoms with Gasteiger partial charge in [0.05, 0.1) is 6.04 Å². The van der Waals surface area contributed by atoms with Gasteiger partial charge >= 0.3 is 0 Å². The highest BCUT2D eigenvalue weighted by atomic mass is 32.2. The van der Waals surface area contributed by atoms with Gasteiger partial charge in [-0.15, -0.1) is 0 Å². The summed E-state index contributed by atoms with van der Waals surface area (Å²) in [4.78, 5) is 17.3. The summed E-state index contributed by atoms with van der Waals surface area (Å²) in [6, 6.07) is 17.1. The van der Waals surface area contributed by atoms with Gasteiger partial charge < -0.3 is 14.7 Å². The van der Waals surface area contributed by atoms with Crippen molar-refractivity contribution in [2.75, 3.05) is 36.4 Å². The lowest BCUT2D eigenvalue weighted by atomic mass is 10.2. The first-order chi connectivity index (χ1) is 16.7. The lowest BCUT2D eigenvalue weighted by Crippen LogP contribution is -2.45. The standard InChI is InChI=1S/C25H31N5O4S/c1-18-24(20(3)34-27-18)35(32,33)28-19(2)25(31)26-22-9-11-23(12-10-22)30-15-13-29(14-16-30)17-21-7-5-4-6-8-21/h4-12,19,28H,13-17H2,1-3H3,(H,26,31)/t19-/m0/s1. The van der Waals surface area contributed by atoms with Crippen LogP contribution in [0, 0.1) is 13.8 Å². The zero-order valence-corrected chi connectivity index (χ0v) is 21.0. The second-order valence-electron chi connectivity index (χ2n) is 8.78. The molecule has 3 aromatic rings. The summed E-state index contributed by atoms with van der Waals surface area (Å²) in [5.41, 5.74) is 3.27. The van der Waals surface area contributed by atoms with Gasteiger partial charge in [-0.25, -0.2) is 8.42 Å². The van der Waals surface area contributed by atoms with E-state index in [1.807, 2.05) is 30.3 Å². The van der Waals surface area contributed by atoms with E-state index in [4.69, 9.17) is 4.52 Å². The van der Waals surface area contributed by atoms with Crippen molar-refractivity contribution in [2.45, 2.75) is 38.3 Å². The molecule has 1 aliphatic rings. The molecule has 2 heterocycles. The van der Waals surface area contributed by atoms with Crippen molar-refractivity contribution in [3.8, 4) is 0 Å². The number of anilines is 2. The van der Waals surface area contributed by atoms with Crippen molar-refractivity contribution in [1.29, 1.82) is 0 Å². The first-order valence-electron chi connectivity index (χ1n) is 11.6. The highest BCUT2D eigenvalue weighted by molar-refractivity contribution is 7.89. The second-order valence-corrected chi connectivity index (χ2v) is 10.4. The predicted octanol–water partition coefficient (Wildman–Crippen LogP) is 2.92. The zero-order valence-electron chi connectivity index (χ0n) is 20.2. The van der Waals surface area contributed by atoms with Crippen LogP contribution in [0.5, 0.6) is 0 Å². The number of hydrogen-bond donors (Lipinski definition) is 2. The number of benzene rings is 2. The van der Waals surface area contributed by atoms with E-state index in [0.29, 0.717) is 5.69 Å². The molecule has 4 rings (SSSR count). The number of carbonyl (C=O) groups excluding carboxylic acids is 1. The molecule has 1 aromatic heterocycles. The van der Waals surface area contributed by atoms with Gasteiger partial charge in [-0.1, -0.05) is 35.5 Å². The van der Waals surface area contributed by atoms with Gasteiger partial charge in [0.25, 0.3) is 0 Å². The number of aromatic nitrogens is 1. The molecule has 1 amide bonds. The van der Waals surface area contributed by atoms with Gasteiger partial charge in [0, 0.05) is 44.1 Å². The van der Waals surface area contributed by atoms with Gasteiger partial charge in [-0.3, -0.25) is 9.69 Å². The van der Waals surface area contributed by atoms with Crippen LogP contribution >= 0.6 is 0 Å². The number of amides is 1. The maximum atomic E-state index is 12.6. The number of nitrogens with one attached hydrogen (secondary N) is 2. The molecule has 0 radical (unpaired) electrons. The SMILES string of the molecule is Cc1noc(C)c1S(=O)(=O)N[C@@H](C)C(=O)Nc1ccc(N2CCN(Cc3ccccc3)CC2)cc1. The fraction of sp³-hybridized carbons (Fsp3) is 0.360. The summed E-state index contributed by atoms with van der Waals surface area (Å²) in [5, 5.41) is 6.44. The number of piperazine rings is 1. The maximum Gasteiger partial charge on any atom is 0.246 e. The Morgan fingerprint density at radius 2 is 1.69 bits per heavy atom. The Morgan fingerprint density at radius 3 is 2.29 bits per heavy atom. The quantitative estimate of drug-likeness (QED) is 0.493. The zero-order chi connectivity index (χ0) is 25.0. The van der Waals surface area contributed by atoms with Gasteiger partial charge in [-0.2, -0.15) is 4.72 Å². The summed E-state index contributed by atoms with van der Waals surface area (Å²) in [6.45, 7) is 9.33. The molecule has 1 saturated heterocycles. The Balaban J connectivity index is 1.29. The molecule has 10 heteroatoms. The monoisotopic (exact) mass is 497 g/mol. The Morgan fingerprint density at radius 1 is 1.03 bits per heavy atom. The summed E-state index contributed by atoms with van der Waals surface area (Å²) in [5.74, 6) is -0.276. The lowest BCUT2D eigenvalue weighted by molar-refractivity contribution is -0.117. The highest BCUT2D eigenvalue weighted by Gasteiger charge is 2.28. The van der Waals surface area contributed by atoms with Crippen LogP contribution in [0.2, 0.25) is 0 Å². The molecule has 35 heavy (non-hydrogen) atoms. The Kier molecular flexibility index (Phi) is 7.54. The second kappa shape index (κ2) is 10.6. The average molecular weight is 498 g/mol. The first-order valence-corrected chi connectivity index (χ1v) is 13.1. The van der Waals surface area contributed by atoms with E-state index >= 15 is 0 Å². The van der Waals surface area contributed by atoms with Crippen LogP contribution < -0.4 is 14.9 Å². The third-order valence-electron chi connectivity index (χ3n) is 6.08. The topological polar surface area (TPSA) is 108 Å². The van der Waals surface area contributed by atoms with Gasteiger partial charge in [0.2, 0.25) is 15.9 Å². The van der Waals surface area contributed by atoms with Gasteiger partial charge in [0.1, 0.15) is 10.6 Å². The van der Waals surface area contributed by atoms with Crippen molar-refractivity contribution < 1.29 is 17.7 Å². The highest BCUT2D eigenvalue weighted by Crippen LogP contribution is 2.21.